The van der Waals surface area contributed by atoms with Gasteiger partial charge >= 0.3 is 0 Å². The van der Waals surface area contributed by atoms with Gasteiger partial charge in [-0.1, -0.05) is 31.2 Å². The number of hydrogen-bond acceptors (Lipinski definition) is 6. The van der Waals surface area contributed by atoms with Gasteiger partial charge in [0.1, 0.15) is 27.9 Å². The van der Waals surface area contributed by atoms with E-state index in [2.05, 4.69) is 34.6 Å². The maximum Gasteiger partial charge on any atom is 0.222 e. The van der Waals surface area contributed by atoms with Crippen LogP contribution in [0.5, 0.6) is 5.88 Å². The smallest absolute Gasteiger partial charge is 0.222 e. The Balaban J connectivity index is 1.75. The topological polar surface area (TPSA) is 62.1 Å². The van der Waals surface area contributed by atoms with E-state index in [9.17, 15) is 0 Å². The highest BCUT2D eigenvalue weighted by molar-refractivity contribution is 7.16. The Kier molecular flexibility index (Phi) is 5.61. The van der Waals surface area contributed by atoms with E-state index >= 15 is 0 Å². The molecule has 4 aromatic heterocycles. The van der Waals surface area contributed by atoms with Gasteiger partial charge in [-0.3, -0.25) is 0 Å². The van der Waals surface area contributed by atoms with E-state index in [-0.39, 0.29) is 0 Å². The molecule has 0 bridgehead atoms. The lowest BCUT2D eigenvalue weighted by molar-refractivity contribution is 0.0899. The van der Waals surface area contributed by atoms with Gasteiger partial charge in [-0.25, -0.2) is 15.0 Å². The van der Waals surface area contributed by atoms with Crippen molar-refractivity contribution in [3.8, 4) is 17.0 Å². The molecule has 0 N–H and O–H groups in total. The van der Waals surface area contributed by atoms with E-state index in [4.69, 9.17) is 21.1 Å². The molecule has 4 aromatic rings. The summed E-state index contributed by atoms with van der Waals surface area (Å²) in [6.45, 7) is 8.18. The molecule has 4 heterocycles. The third kappa shape index (κ3) is 4.30. The van der Waals surface area contributed by atoms with Gasteiger partial charge in [0.05, 0.1) is 12.6 Å². The second kappa shape index (κ2) is 8.02. The number of aromatic nitrogens is 4. The molecule has 9 heteroatoms. The van der Waals surface area contributed by atoms with Crippen molar-refractivity contribution >= 4 is 52.4 Å². The number of fused-ring (bicyclic) bond motifs is 2. The normalized spacial score (nSPS) is 12.2. The largest absolute Gasteiger partial charge is 0.481 e. The van der Waals surface area contributed by atoms with Crippen LogP contribution in [0.3, 0.4) is 0 Å². The Morgan fingerprint density at radius 3 is 2.76 bits per heavy atom. The van der Waals surface area contributed by atoms with Crippen LogP contribution < -0.4 is 4.74 Å². The van der Waals surface area contributed by atoms with Crippen molar-refractivity contribution < 1.29 is 9.47 Å². The predicted octanol–water partition coefficient (Wildman–Crippen LogP) is 5.68. The monoisotopic (exact) mass is 446 g/mol. The van der Waals surface area contributed by atoms with Crippen molar-refractivity contribution in [1.29, 1.82) is 0 Å². The molecule has 0 radical (unpaired) electrons. The molecule has 0 fully saturated rings. The van der Waals surface area contributed by atoms with Crippen molar-refractivity contribution in [2.24, 2.45) is 0 Å². The molecule has 0 aliphatic carbocycles. The van der Waals surface area contributed by atoms with Gasteiger partial charge in [0.15, 0.2) is 0 Å². The summed E-state index contributed by atoms with van der Waals surface area (Å²) >= 11 is 7.68. The summed E-state index contributed by atoms with van der Waals surface area (Å²) < 4.78 is 13.5. The lowest BCUT2D eigenvalue weighted by Crippen LogP contribution is -2.22. The number of hydrogen-bond donors (Lipinski definition) is 0. The molecule has 4 rings (SSSR count). The van der Waals surface area contributed by atoms with Gasteiger partial charge in [-0.15, -0.1) is 11.3 Å². The number of nitrogens with zero attached hydrogens (tertiary/aromatic N) is 4. The first-order valence-electron chi connectivity index (χ1n) is 9.37. The minimum Gasteiger partial charge on any atom is -0.481 e. The Morgan fingerprint density at radius 1 is 1.17 bits per heavy atom. The highest BCUT2D eigenvalue weighted by atomic mass is 35.5. The third-order valence-corrected chi connectivity index (χ3v) is 7.34. The molecule has 0 atom stereocenters. The zero-order valence-electron chi connectivity index (χ0n) is 16.9. The Morgan fingerprint density at radius 2 is 2.00 bits per heavy atom. The average molecular weight is 447 g/mol. The van der Waals surface area contributed by atoms with Crippen LogP contribution in [0.25, 0.3) is 32.5 Å². The first-order chi connectivity index (χ1) is 13.9. The van der Waals surface area contributed by atoms with Gasteiger partial charge in [-0.2, -0.15) is 0 Å². The number of rotatable bonds is 7. The van der Waals surface area contributed by atoms with Crippen LogP contribution in [0.1, 0.15) is 0 Å². The fourth-order valence-electron chi connectivity index (χ4n) is 3.13. The molecule has 6 nitrogen and oxygen atoms in total. The van der Waals surface area contributed by atoms with Gasteiger partial charge in [-0.05, 0) is 24.2 Å². The van der Waals surface area contributed by atoms with E-state index in [0.29, 0.717) is 17.8 Å². The minimum atomic E-state index is -1.14. The van der Waals surface area contributed by atoms with Crippen LogP contribution in [0.4, 0.5) is 0 Å². The quantitative estimate of drug-likeness (QED) is 0.207. The number of thiazole rings is 1. The lowest BCUT2D eigenvalue weighted by atomic mass is 10.1. The zero-order chi connectivity index (χ0) is 20.6. The second-order valence-corrected chi connectivity index (χ2v) is 14.9. The SMILES string of the molecule is COc1nc2scnc2cc1-c1cn(COCC[Si](C)(C)C)c2nc(Cl)ccc12. The summed E-state index contributed by atoms with van der Waals surface area (Å²) in [4.78, 5) is 14.4. The Bertz CT molecular complexity index is 1170. The molecule has 0 aliphatic rings. The fourth-order valence-corrected chi connectivity index (χ4v) is 4.66. The summed E-state index contributed by atoms with van der Waals surface area (Å²) in [5, 5.41) is 1.42. The Hall–Kier alpha value is -2.00. The second-order valence-electron chi connectivity index (χ2n) is 8.09. The predicted molar refractivity (Wildman–Crippen MR) is 122 cm³/mol. The van der Waals surface area contributed by atoms with Crippen LogP contribution in [0.2, 0.25) is 30.8 Å². The van der Waals surface area contributed by atoms with Crippen LogP contribution in [0, 0.1) is 0 Å². The molecule has 0 aromatic carbocycles. The first kappa shape index (κ1) is 20.3. The van der Waals surface area contributed by atoms with Gasteiger partial charge in [0, 0.05) is 37.4 Å². The number of halogens is 1. The summed E-state index contributed by atoms with van der Waals surface area (Å²) in [5.74, 6) is 0.565. The van der Waals surface area contributed by atoms with Crippen LogP contribution in [0.15, 0.2) is 29.9 Å². The van der Waals surface area contributed by atoms with Crippen molar-refractivity contribution in [3.05, 3.63) is 35.1 Å². The van der Waals surface area contributed by atoms with Gasteiger partial charge < -0.3 is 14.0 Å². The van der Waals surface area contributed by atoms with E-state index in [1.165, 1.54) is 11.3 Å². The van der Waals surface area contributed by atoms with E-state index < -0.39 is 8.07 Å². The average Bonchev–Trinajstić information content (AvgIpc) is 3.27. The van der Waals surface area contributed by atoms with E-state index in [1.54, 1.807) is 18.7 Å². The Labute approximate surface area is 179 Å². The molecule has 0 saturated heterocycles. The van der Waals surface area contributed by atoms with E-state index in [0.717, 1.165) is 45.2 Å². The van der Waals surface area contributed by atoms with E-state index in [1.807, 2.05) is 22.9 Å². The fraction of sp³-hybridized carbons (Fsp3) is 0.350. The number of methoxy groups -OCH3 is 1. The van der Waals surface area contributed by atoms with Gasteiger partial charge in [0.2, 0.25) is 5.88 Å². The van der Waals surface area contributed by atoms with Crippen molar-refractivity contribution in [3.63, 3.8) is 0 Å². The summed E-state index contributed by atoms with van der Waals surface area (Å²) in [5.41, 5.74) is 5.26. The molecular formula is C20H23ClN4O2SSi. The molecule has 0 aliphatic heterocycles. The van der Waals surface area contributed by atoms with Crippen molar-refractivity contribution in [2.45, 2.75) is 32.4 Å². The third-order valence-electron chi connectivity index (χ3n) is 4.69. The maximum atomic E-state index is 6.18. The molecule has 29 heavy (non-hydrogen) atoms. The maximum absolute atomic E-state index is 6.18. The molecule has 0 unspecified atom stereocenters. The van der Waals surface area contributed by atoms with Gasteiger partial charge in [0.25, 0.3) is 0 Å². The highest BCUT2D eigenvalue weighted by Gasteiger charge is 2.18. The molecule has 152 valence electrons. The first-order valence-corrected chi connectivity index (χ1v) is 14.3. The molecule has 0 amide bonds. The summed E-state index contributed by atoms with van der Waals surface area (Å²) in [7, 11) is 0.492. The minimum absolute atomic E-state index is 0.420. The molecular weight excluding hydrogens is 424 g/mol. The van der Waals surface area contributed by atoms with Crippen LogP contribution in [-0.4, -0.2) is 41.3 Å². The van der Waals surface area contributed by atoms with Crippen molar-refractivity contribution in [1.82, 2.24) is 19.5 Å². The molecule has 0 saturated carbocycles. The van der Waals surface area contributed by atoms with Crippen LogP contribution in [-0.2, 0) is 11.5 Å². The number of ether oxygens (including phenoxy) is 2. The van der Waals surface area contributed by atoms with Crippen LogP contribution >= 0.6 is 22.9 Å². The van der Waals surface area contributed by atoms with Crippen molar-refractivity contribution in [2.75, 3.05) is 13.7 Å². The number of pyridine rings is 2. The highest BCUT2D eigenvalue weighted by Crippen LogP contribution is 2.37. The zero-order valence-corrected chi connectivity index (χ0v) is 19.5. The summed E-state index contributed by atoms with van der Waals surface area (Å²) in [6.07, 6.45) is 2.03. The standard InChI is InChI=1S/C20H23ClN4O2SSi/c1-26-19-14(9-16-20(24-19)28-11-22-16)15-10-25(12-27-7-8-29(2,3)4)18-13(15)5-6-17(21)23-18/h5-6,9-11H,7-8,12H2,1-4H3. The summed E-state index contributed by atoms with van der Waals surface area (Å²) in [6, 6.07) is 6.90. The molecule has 0 spiro atoms. The lowest BCUT2D eigenvalue weighted by Gasteiger charge is -2.15.